The Morgan fingerprint density at radius 2 is 1.65 bits per heavy atom. The van der Waals surface area contributed by atoms with Crippen LogP contribution in [-0.2, 0) is 4.79 Å². The highest BCUT2D eigenvalue weighted by Gasteiger charge is 2.38. The van der Waals surface area contributed by atoms with E-state index in [4.69, 9.17) is 9.47 Å². The Morgan fingerprint density at radius 3 is 2.23 bits per heavy atom. The first kappa shape index (κ1) is 29.4. The van der Waals surface area contributed by atoms with Gasteiger partial charge in [0.05, 0.1) is 35.4 Å². The average Bonchev–Trinajstić information content (AvgIpc) is 2.89. The van der Waals surface area contributed by atoms with E-state index < -0.39 is 23.1 Å². The normalized spacial score (nSPS) is 21.6. The van der Waals surface area contributed by atoms with Gasteiger partial charge < -0.3 is 25.2 Å². The molecule has 0 heterocycles. The van der Waals surface area contributed by atoms with Gasteiger partial charge in [-0.2, -0.15) is 0 Å². The van der Waals surface area contributed by atoms with Gasteiger partial charge in [-0.25, -0.2) is 4.39 Å². The number of carboxylic acids is 1. The molecule has 40 heavy (non-hydrogen) atoms. The molecule has 0 aromatic heterocycles. The molecule has 0 radical (unpaired) electrons. The van der Waals surface area contributed by atoms with Crippen LogP contribution in [0.3, 0.4) is 0 Å². The summed E-state index contributed by atoms with van der Waals surface area (Å²) in [6.07, 6.45) is 4.65. The fourth-order valence-corrected chi connectivity index (χ4v) is 5.55. The number of carbonyl (C=O) groups excluding carboxylic acids is 2. The number of carboxylic acid groups (broad SMARTS) is 1. The van der Waals surface area contributed by atoms with E-state index in [1.54, 1.807) is 13.0 Å². The number of amides is 2. The highest BCUT2D eigenvalue weighted by atomic mass is 19.1. The summed E-state index contributed by atoms with van der Waals surface area (Å²) in [6.45, 7) is 8.12. The van der Waals surface area contributed by atoms with Crippen molar-refractivity contribution in [2.75, 3.05) is 19.0 Å². The third kappa shape index (κ3) is 6.24. The minimum Gasteiger partial charge on any atom is -0.496 e. The number of benzene rings is 2. The van der Waals surface area contributed by atoms with Crippen molar-refractivity contribution in [2.45, 2.75) is 78.7 Å². The van der Waals surface area contributed by atoms with E-state index in [1.165, 1.54) is 13.2 Å². The van der Waals surface area contributed by atoms with Crippen LogP contribution in [0.4, 0.5) is 10.1 Å². The summed E-state index contributed by atoms with van der Waals surface area (Å²) in [5.41, 5.74) is 1.66. The second-order valence-corrected chi connectivity index (χ2v) is 12.0. The molecule has 0 bridgehead atoms. The molecule has 4 rings (SSSR count). The van der Waals surface area contributed by atoms with E-state index in [0.29, 0.717) is 43.5 Å². The highest BCUT2D eigenvalue weighted by Crippen LogP contribution is 2.40. The molecule has 8 nitrogen and oxygen atoms in total. The third-order valence-electron chi connectivity index (χ3n) is 8.54. The van der Waals surface area contributed by atoms with Crippen molar-refractivity contribution in [3.05, 3.63) is 52.3 Å². The van der Waals surface area contributed by atoms with Crippen molar-refractivity contribution in [3.63, 3.8) is 0 Å². The molecule has 0 spiro atoms. The minimum atomic E-state index is -0.850. The molecule has 2 aromatic carbocycles. The van der Waals surface area contributed by atoms with E-state index in [2.05, 4.69) is 17.6 Å². The molecule has 2 aliphatic carbocycles. The van der Waals surface area contributed by atoms with Crippen LogP contribution in [0.5, 0.6) is 11.5 Å². The number of hydrogen-bond acceptors (Lipinski definition) is 5. The highest BCUT2D eigenvalue weighted by molar-refractivity contribution is 6.11. The van der Waals surface area contributed by atoms with E-state index in [1.807, 2.05) is 19.9 Å². The number of ether oxygens (including phenoxy) is 2. The molecule has 9 heteroatoms. The summed E-state index contributed by atoms with van der Waals surface area (Å²) in [5.74, 6) is -2.46. The zero-order chi connectivity index (χ0) is 29.2. The Morgan fingerprint density at radius 1 is 0.975 bits per heavy atom. The van der Waals surface area contributed by atoms with Crippen molar-refractivity contribution in [2.24, 2.45) is 10.8 Å². The van der Waals surface area contributed by atoms with Crippen LogP contribution < -0.4 is 20.1 Å². The first-order valence-electron chi connectivity index (χ1n) is 13.8. The van der Waals surface area contributed by atoms with Gasteiger partial charge in [0.15, 0.2) is 11.6 Å². The summed E-state index contributed by atoms with van der Waals surface area (Å²) < 4.78 is 26.2. The van der Waals surface area contributed by atoms with Gasteiger partial charge in [-0.05, 0) is 88.0 Å². The molecule has 2 amide bonds. The molecular formula is C31H39FN2O6. The van der Waals surface area contributed by atoms with Crippen molar-refractivity contribution in [1.29, 1.82) is 0 Å². The Hall–Kier alpha value is -3.62. The van der Waals surface area contributed by atoms with Crippen LogP contribution in [0.2, 0.25) is 0 Å². The van der Waals surface area contributed by atoms with E-state index >= 15 is 0 Å². The molecule has 2 saturated carbocycles. The molecular weight excluding hydrogens is 515 g/mol. The molecule has 0 saturated heterocycles. The molecule has 2 fully saturated rings. The zero-order valence-electron chi connectivity index (χ0n) is 23.9. The molecule has 3 N–H and O–H groups in total. The van der Waals surface area contributed by atoms with Crippen LogP contribution in [0.1, 0.15) is 90.6 Å². The fourth-order valence-electron chi connectivity index (χ4n) is 5.55. The summed E-state index contributed by atoms with van der Waals surface area (Å²) >= 11 is 0. The maximum atomic E-state index is 15.0. The SMILES string of the molecule is COc1cc(F)c(O[C@H]2CC[C@@](C)(C(=O)O)CC2)cc1C(=O)Nc1c(C)cc(C)cc1C(=O)NCC1(C)CCC1. The summed E-state index contributed by atoms with van der Waals surface area (Å²) in [4.78, 5) is 38.3. The van der Waals surface area contributed by atoms with Crippen LogP contribution in [-0.4, -0.2) is 42.6 Å². The van der Waals surface area contributed by atoms with E-state index in [9.17, 15) is 23.9 Å². The average molecular weight is 555 g/mol. The number of carbonyl (C=O) groups is 3. The lowest BCUT2D eigenvalue weighted by atomic mass is 9.70. The Bertz CT molecular complexity index is 1310. The Kier molecular flexibility index (Phi) is 8.42. The predicted molar refractivity (Wildman–Crippen MR) is 150 cm³/mol. The first-order valence-corrected chi connectivity index (χ1v) is 13.8. The number of halogens is 1. The van der Waals surface area contributed by atoms with Gasteiger partial charge in [-0.15, -0.1) is 0 Å². The first-order chi connectivity index (χ1) is 18.8. The van der Waals surface area contributed by atoms with Crippen molar-refractivity contribution in [3.8, 4) is 11.5 Å². The molecule has 0 unspecified atom stereocenters. The van der Waals surface area contributed by atoms with Crippen LogP contribution in [0.25, 0.3) is 0 Å². The van der Waals surface area contributed by atoms with Gasteiger partial charge in [0.1, 0.15) is 5.75 Å². The lowest BCUT2D eigenvalue weighted by Crippen LogP contribution is -2.40. The van der Waals surface area contributed by atoms with E-state index in [0.717, 1.165) is 36.5 Å². The Labute approximate surface area is 234 Å². The predicted octanol–water partition coefficient (Wildman–Crippen LogP) is 6.04. The number of aryl methyl sites for hydroxylation is 2. The topological polar surface area (TPSA) is 114 Å². The monoisotopic (exact) mass is 554 g/mol. The quantitative estimate of drug-likeness (QED) is 0.349. The lowest BCUT2D eigenvalue weighted by molar-refractivity contribution is -0.150. The number of methoxy groups -OCH3 is 1. The third-order valence-corrected chi connectivity index (χ3v) is 8.54. The largest absolute Gasteiger partial charge is 0.496 e. The number of rotatable bonds is 9. The van der Waals surface area contributed by atoms with Gasteiger partial charge in [-0.3, -0.25) is 14.4 Å². The number of aliphatic carboxylic acids is 1. The van der Waals surface area contributed by atoms with Gasteiger partial charge in [-0.1, -0.05) is 19.4 Å². The number of anilines is 1. The van der Waals surface area contributed by atoms with Gasteiger partial charge in [0.2, 0.25) is 0 Å². The van der Waals surface area contributed by atoms with Gasteiger partial charge in [0, 0.05) is 12.6 Å². The molecule has 0 atom stereocenters. The van der Waals surface area contributed by atoms with Crippen LogP contribution >= 0.6 is 0 Å². The smallest absolute Gasteiger partial charge is 0.309 e. The second-order valence-electron chi connectivity index (χ2n) is 12.0. The summed E-state index contributed by atoms with van der Waals surface area (Å²) in [5, 5.41) is 15.4. The Balaban J connectivity index is 1.55. The number of hydrogen-bond donors (Lipinski definition) is 3. The van der Waals surface area contributed by atoms with Crippen LogP contribution in [0.15, 0.2) is 24.3 Å². The lowest BCUT2D eigenvalue weighted by Gasteiger charge is -2.38. The van der Waals surface area contributed by atoms with Gasteiger partial charge >= 0.3 is 5.97 Å². The standard InChI is InChI=1S/C31H39FN2O6/c1-18-13-19(2)26(22(14-18)27(35)33-17-30(3)9-6-10-30)34-28(36)21-15-25(23(32)16-24(21)39-5)40-20-7-11-31(4,12-8-20)29(37)38/h13-16,20H,6-12,17H2,1-5H3,(H,33,35)(H,34,36)(H,37,38)/t20-,31+. The summed E-state index contributed by atoms with van der Waals surface area (Å²) in [7, 11) is 1.34. The van der Waals surface area contributed by atoms with Crippen LogP contribution in [0, 0.1) is 30.5 Å². The molecule has 0 aliphatic heterocycles. The maximum Gasteiger partial charge on any atom is 0.309 e. The fraction of sp³-hybridized carbons (Fsp3) is 0.516. The molecule has 216 valence electrons. The second kappa shape index (κ2) is 11.5. The number of nitrogens with one attached hydrogen (secondary N) is 2. The van der Waals surface area contributed by atoms with Gasteiger partial charge in [0.25, 0.3) is 11.8 Å². The van der Waals surface area contributed by atoms with Crippen molar-refractivity contribution in [1.82, 2.24) is 5.32 Å². The molecule has 2 aromatic rings. The maximum absolute atomic E-state index is 15.0. The zero-order valence-corrected chi connectivity index (χ0v) is 23.9. The van der Waals surface area contributed by atoms with Crippen molar-refractivity contribution < 1.29 is 33.4 Å². The van der Waals surface area contributed by atoms with E-state index in [-0.39, 0.29) is 34.5 Å². The summed E-state index contributed by atoms with van der Waals surface area (Å²) in [6, 6.07) is 6.02. The van der Waals surface area contributed by atoms with Crippen molar-refractivity contribution >= 4 is 23.5 Å². The molecule has 2 aliphatic rings. The minimum absolute atomic E-state index is 0.0260.